The highest BCUT2D eigenvalue weighted by molar-refractivity contribution is 7.93. The Morgan fingerprint density at radius 1 is 1.15 bits per heavy atom. The molecule has 2 fully saturated rings. The normalized spacial score (nSPS) is 18.8. The average Bonchev–Trinajstić information content (AvgIpc) is 3.67. The molecule has 40 heavy (non-hydrogen) atoms. The number of hydrogen-bond acceptors (Lipinski definition) is 10. The number of aromatic nitrogens is 4. The van der Waals surface area contributed by atoms with Crippen molar-refractivity contribution >= 4 is 33.0 Å². The van der Waals surface area contributed by atoms with Crippen molar-refractivity contribution < 1.29 is 17.9 Å². The summed E-state index contributed by atoms with van der Waals surface area (Å²) in [6.45, 7) is 3.28. The van der Waals surface area contributed by atoms with E-state index in [1.54, 1.807) is 36.9 Å². The maximum atomic E-state index is 13.4. The number of hydrogen-bond donors (Lipinski definition) is 3. The molecular formula is C27H35N7O4S2. The molecule has 0 spiro atoms. The van der Waals surface area contributed by atoms with Crippen molar-refractivity contribution in [3.8, 4) is 16.5 Å². The van der Waals surface area contributed by atoms with Crippen LogP contribution < -0.4 is 20.1 Å². The maximum absolute atomic E-state index is 13.4. The van der Waals surface area contributed by atoms with E-state index >= 15 is 0 Å². The lowest BCUT2D eigenvalue weighted by atomic mass is 9.96. The van der Waals surface area contributed by atoms with E-state index in [2.05, 4.69) is 35.3 Å². The first kappa shape index (κ1) is 28.4. The van der Waals surface area contributed by atoms with Gasteiger partial charge in [-0.15, -0.1) is 11.3 Å². The summed E-state index contributed by atoms with van der Waals surface area (Å²) in [5, 5.41) is 6.56. The predicted octanol–water partition coefficient (Wildman–Crippen LogP) is 4.08. The molecular weight excluding hydrogens is 550 g/mol. The number of pyridine rings is 1. The number of carbonyl (C=O) groups is 1. The van der Waals surface area contributed by atoms with Crippen LogP contribution in [0.2, 0.25) is 0 Å². The Bertz CT molecular complexity index is 1400. The fourth-order valence-corrected chi connectivity index (χ4v) is 7.56. The summed E-state index contributed by atoms with van der Waals surface area (Å²) in [5.41, 5.74) is 1.63. The number of rotatable bonds is 11. The van der Waals surface area contributed by atoms with Crippen LogP contribution in [0.25, 0.3) is 10.6 Å². The Morgan fingerprint density at radius 3 is 2.75 bits per heavy atom. The standard InChI is InChI=1S/C27H35N7O4S2/c1-2-38-25-17-28-15-23(32-25)24-16-31-27(39-24)26(35)33-22(13-18-7-5-6-11-29-18)21-14-19(10-12-30-21)34-40(36,37)20-8-3-4-9-20/h10,12,14-18,20,22,29H,2-9,11,13H2,1H3,(H,30,34)(H,33,35)/t18-,22-/m0/s1. The molecule has 0 bridgehead atoms. The molecule has 0 aromatic carbocycles. The smallest absolute Gasteiger partial charge is 0.280 e. The van der Waals surface area contributed by atoms with Gasteiger partial charge in [0.2, 0.25) is 15.9 Å². The topological polar surface area (TPSA) is 148 Å². The minimum Gasteiger partial charge on any atom is -0.477 e. The molecule has 2 aliphatic rings. The second kappa shape index (κ2) is 13.0. The number of anilines is 1. The highest BCUT2D eigenvalue weighted by Gasteiger charge is 2.29. The van der Waals surface area contributed by atoms with Gasteiger partial charge in [-0.1, -0.05) is 19.3 Å². The van der Waals surface area contributed by atoms with E-state index in [0.717, 1.165) is 38.6 Å². The lowest BCUT2D eigenvalue weighted by molar-refractivity contribution is 0.0929. The molecule has 3 aromatic heterocycles. The van der Waals surface area contributed by atoms with Crippen LogP contribution in [0.5, 0.6) is 5.88 Å². The van der Waals surface area contributed by atoms with Gasteiger partial charge in [0.25, 0.3) is 5.91 Å². The van der Waals surface area contributed by atoms with E-state index in [1.807, 2.05) is 6.92 Å². The zero-order chi connectivity index (χ0) is 28.0. The first-order chi connectivity index (χ1) is 19.4. The van der Waals surface area contributed by atoms with Crippen LogP contribution in [0.15, 0.2) is 36.9 Å². The Morgan fingerprint density at radius 2 is 1.98 bits per heavy atom. The predicted molar refractivity (Wildman–Crippen MR) is 154 cm³/mol. The number of amides is 1. The monoisotopic (exact) mass is 585 g/mol. The summed E-state index contributed by atoms with van der Waals surface area (Å²) >= 11 is 1.22. The molecule has 0 radical (unpaired) electrons. The third kappa shape index (κ3) is 7.12. The van der Waals surface area contributed by atoms with Crippen LogP contribution in [-0.2, 0) is 10.0 Å². The van der Waals surface area contributed by atoms with Crippen molar-refractivity contribution in [2.24, 2.45) is 0 Å². The van der Waals surface area contributed by atoms with Gasteiger partial charge < -0.3 is 15.4 Å². The molecule has 1 saturated heterocycles. The lowest BCUT2D eigenvalue weighted by Crippen LogP contribution is -2.39. The van der Waals surface area contributed by atoms with E-state index in [1.165, 1.54) is 11.3 Å². The van der Waals surface area contributed by atoms with Crippen LogP contribution in [0.3, 0.4) is 0 Å². The summed E-state index contributed by atoms with van der Waals surface area (Å²) in [7, 11) is -3.48. The Kier molecular flexibility index (Phi) is 9.22. The SMILES string of the molecule is CCOc1cncc(-c2cnc(C(=O)N[C@@H](C[C@@H]3CCCCN3)c3cc(NS(=O)(=O)C4CCCC4)ccn3)s2)n1. The van der Waals surface area contributed by atoms with Crippen molar-refractivity contribution in [3.63, 3.8) is 0 Å². The number of sulfonamides is 1. The van der Waals surface area contributed by atoms with Gasteiger partial charge in [0, 0.05) is 18.4 Å². The van der Waals surface area contributed by atoms with E-state index in [0.29, 0.717) is 58.7 Å². The van der Waals surface area contributed by atoms with Crippen LogP contribution in [0, 0.1) is 0 Å². The molecule has 0 unspecified atom stereocenters. The highest BCUT2D eigenvalue weighted by Crippen LogP contribution is 2.29. The van der Waals surface area contributed by atoms with E-state index in [-0.39, 0.29) is 17.2 Å². The molecule has 1 aliphatic carbocycles. The average molecular weight is 586 g/mol. The van der Waals surface area contributed by atoms with E-state index < -0.39 is 16.1 Å². The summed E-state index contributed by atoms with van der Waals surface area (Å²) in [6.07, 6.45) is 13.4. The minimum atomic E-state index is -3.48. The first-order valence-electron chi connectivity index (χ1n) is 13.8. The van der Waals surface area contributed by atoms with Crippen LogP contribution >= 0.6 is 11.3 Å². The van der Waals surface area contributed by atoms with Crippen LogP contribution in [-0.4, -0.2) is 58.7 Å². The molecule has 5 rings (SSSR count). The number of piperidine rings is 1. The van der Waals surface area contributed by atoms with Crippen LogP contribution in [0.1, 0.15) is 79.8 Å². The zero-order valence-electron chi connectivity index (χ0n) is 22.5. The van der Waals surface area contributed by atoms with Crippen molar-refractivity contribution in [1.29, 1.82) is 0 Å². The van der Waals surface area contributed by atoms with Crippen molar-refractivity contribution in [3.05, 3.63) is 47.6 Å². The van der Waals surface area contributed by atoms with Crippen molar-refractivity contribution in [1.82, 2.24) is 30.6 Å². The Hall–Kier alpha value is -3.16. The quantitative estimate of drug-likeness (QED) is 0.303. The number of thiazole rings is 1. The molecule has 1 amide bonds. The third-order valence-corrected chi connectivity index (χ3v) is 10.1. The maximum Gasteiger partial charge on any atom is 0.280 e. The number of nitrogens with zero attached hydrogens (tertiary/aromatic N) is 4. The fraction of sp³-hybridized carbons (Fsp3) is 0.519. The molecule has 1 aliphatic heterocycles. The molecule has 3 N–H and O–H groups in total. The number of carbonyl (C=O) groups excluding carboxylic acids is 1. The minimum absolute atomic E-state index is 0.211. The molecule has 11 nitrogen and oxygen atoms in total. The largest absolute Gasteiger partial charge is 0.477 e. The Balaban J connectivity index is 1.34. The zero-order valence-corrected chi connectivity index (χ0v) is 24.1. The van der Waals surface area contributed by atoms with Gasteiger partial charge in [-0.25, -0.2) is 18.4 Å². The summed E-state index contributed by atoms with van der Waals surface area (Å²) in [5.74, 6) is 0.0821. The van der Waals surface area contributed by atoms with Gasteiger partial charge in [-0.05, 0) is 57.7 Å². The van der Waals surface area contributed by atoms with Gasteiger partial charge >= 0.3 is 0 Å². The molecule has 4 heterocycles. The van der Waals surface area contributed by atoms with Gasteiger partial charge in [0.1, 0.15) is 5.69 Å². The molecule has 13 heteroatoms. The van der Waals surface area contributed by atoms with Crippen molar-refractivity contribution in [2.45, 2.75) is 75.6 Å². The Labute approximate surface area is 238 Å². The third-order valence-electron chi connectivity index (χ3n) is 7.23. The lowest BCUT2D eigenvalue weighted by Gasteiger charge is -2.28. The first-order valence-corrected chi connectivity index (χ1v) is 16.2. The highest BCUT2D eigenvalue weighted by atomic mass is 32.2. The van der Waals surface area contributed by atoms with Crippen LogP contribution in [0.4, 0.5) is 5.69 Å². The van der Waals surface area contributed by atoms with Gasteiger partial charge in [0.15, 0.2) is 5.01 Å². The number of nitrogens with one attached hydrogen (secondary N) is 3. The second-order valence-corrected chi connectivity index (χ2v) is 13.1. The number of ether oxygens (including phenoxy) is 1. The van der Waals surface area contributed by atoms with Crippen molar-refractivity contribution in [2.75, 3.05) is 17.9 Å². The summed E-state index contributed by atoms with van der Waals surface area (Å²) in [4.78, 5) is 31.6. The fourth-order valence-electron chi connectivity index (χ4n) is 5.21. The molecule has 1 saturated carbocycles. The van der Waals surface area contributed by atoms with E-state index in [4.69, 9.17) is 4.74 Å². The van der Waals surface area contributed by atoms with Gasteiger partial charge in [0.05, 0.1) is 46.6 Å². The molecule has 214 valence electrons. The second-order valence-electron chi connectivity index (χ2n) is 10.1. The van der Waals surface area contributed by atoms with E-state index in [9.17, 15) is 13.2 Å². The molecule has 2 atom stereocenters. The van der Waals surface area contributed by atoms with Gasteiger partial charge in [-0.2, -0.15) is 0 Å². The summed E-state index contributed by atoms with van der Waals surface area (Å²) < 4.78 is 34.0. The molecule has 3 aromatic rings. The van der Waals surface area contributed by atoms with Gasteiger partial charge in [-0.3, -0.25) is 19.5 Å². The summed E-state index contributed by atoms with van der Waals surface area (Å²) in [6, 6.07) is 3.15.